The first-order valence-electron chi connectivity index (χ1n) is 7.73. The molecule has 0 aliphatic carbocycles. The molecule has 0 unspecified atom stereocenters. The number of halogens is 1. The molecule has 3 nitrogen and oxygen atoms in total. The molecule has 0 saturated carbocycles. The summed E-state index contributed by atoms with van der Waals surface area (Å²) in [6.45, 7) is 2.08. The van der Waals surface area contributed by atoms with Gasteiger partial charge in [0.1, 0.15) is 5.82 Å². The maximum atomic E-state index is 12.9. The van der Waals surface area contributed by atoms with Crippen LogP contribution in [-0.4, -0.2) is 10.9 Å². The average Bonchev–Trinajstić information content (AvgIpc) is 3.04. The second-order valence-corrected chi connectivity index (χ2v) is 6.55. The van der Waals surface area contributed by atoms with Gasteiger partial charge in [0.15, 0.2) is 5.13 Å². The molecule has 1 aromatic heterocycles. The highest BCUT2D eigenvalue weighted by molar-refractivity contribution is 7.15. The van der Waals surface area contributed by atoms with Crippen LogP contribution in [0, 0.1) is 5.82 Å². The van der Waals surface area contributed by atoms with E-state index in [1.54, 1.807) is 18.3 Å². The number of rotatable bonds is 5. The smallest absolute Gasteiger partial charge is 0.257 e. The first-order chi connectivity index (χ1) is 11.6. The third kappa shape index (κ3) is 4.06. The lowest BCUT2D eigenvalue weighted by molar-refractivity contribution is 0.102. The number of carbonyl (C=O) groups is 1. The van der Waals surface area contributed by atoms with Crippen LogP contribution in [-0.2, 0) is 12.8 Å². The summed E-state index contributed by atoms with van der Waals surface area (Å²) in [5.74, 6) is -0.412. The van der Waals surface area contributed by atoms with Crippen molar-refractivity contribution in [3.05, 3.63) is 82.1 Å². The zero-order valence-electron chi connectivity index (χ0n) is 13.3. The summed E-state index contributed by atoms with van der Waals surface area (Å²) >= 11 is 1.43. The molecular formula is C19H17FN2OS. The molecule has 0 aliphatic heterocycles. The van der Waals surface area contributed by atoms with Crippen molar-refractivity contribution >= 4 is 22.4 Å². The molecule has 0 saturated heterocycles. The Morgan fingerprint density at radius 1 is 1.08 bits per heavy atom. The van der Waals surface area contributed by atoms with Crippen LogP contribution in [0.2, 0.25) is 0 Å². The van der Waals surface area contributed by atoms with E-state index in [1.807, 2.05) is 24.3 Å². The van der Waals surface area contributed by atoms with Gasteiger partial charge in [0.25, 0.3) is 5.91 Å². The fourth-order valence-electron chi connectivity index (χ4n) is 2.31. The standard InChI is InChI=1S/C19H17FN2OS/c1-2-13-3-7-15(8-4-13)18(23)22-19-21-12-17(24-19)11-14-5-9-16(20)10-6-14/h3-10,12H,2,11H2,1H3,(H,21,22,23). The van der Waals surface area contributed by atoms with Crippen molar-refractivity contribution < 1.29 is 9.18 Å². The monoisotopic (exact) mass is 340 g/mol. The van der Waals surface area contributed by atoms with Gasteiger partial charge in [-0.25, -0.2) is 9.37 Å². The quantitative estimate of drug-likeness (QED) is 0.732. The number of aryl methyl sites for hydroxylation is 1. The molecule has 0 atom stereocenters. The van der Waals surface area contributed by atoms with Crippen molar-refractivity contribution in [2.45, 2.75) is 19.8 Å². The minimum Gasteiger partial charge on any atom is -0.298 e. The van der Waals surface area contributed by atoms with Gasteiger partial charge in [0, 0.05) is 23.1 Å². The first kappa shape index (κ1) is 16.3. The Kier molecular flexibility index (Phi) is 5.01. The molecule has 5 heteroatoms. The number of benzene rings is 2. The Bertz CT molecular complexity index is 825. The van der Waals surface area contributed by atoms with Gasteiger partial charge in [-0.2, -0.15) is 0 Å². The summed E-state index contributed by atoms with van der Waals surface area (Å²) < 4.78 is 12.9. The number of hydrogen-bond donors (Lipinski definition) is 1. The molecule has 24 heavy (non-hydrogen) atoms. The molecule has 0 spiro atoms. The Labute approximate surface area is 144 Å². The number of carbonyl (C=O) groups excluding carboxylic acids is 1. The maximum absolute atomic E-state index is 12.9. The molecule has 0 aliphatic rings. The Hall–Kier alpha value is -2.53. The predicted octanol–water partition coefficient (Wildman–Crippen LogP) is 4.69. The van der Waals surface area contributed by atoms with Gasteiger partial charge in [-0.3, -0.25) is 10.1 Å². The number of anilines is 1. The number of thiazole rings is 1. The van der Waals surface area contributed by atoms with Crippen LogP contribution < -0.4 is 5.32 Å². The van der Waals surface area contributed by atoms with Crippen molar-refractivity contribution in [2.75, 3.05) is 5.32 Å². The van der Waals surface area contributed by atoms with E-state index in [2.05, 4.69) is 17.2 Å². The normalized spacial score (nSPS) is 10.6. The third-order valence-electron chi connectivity index (χ3n) is 3.69. The number of nitrogens with zero attached hydrogens (tertiary/aromatic N) is 1. The Morgan fingerprint density at radius 2 is 1.75 bits per heavy atom. The number of aromatic nitrogens is 1. The van der Waals surface area contributed by atoms with Gasteiger partial charge >= 0.3 is 0 Å². The number of nitrogens with one attached hydrogen (secondary N) is 1. The highest BCUT2D eigenvalue weighted by atomic mass is 32.1. The highest BCUT2D eigenvalue weighted by Crippen LogP contribution is 2.22. The summed E-state index contributed by atoms with van der Waals surface area (Å²) in [6, 6.07) is 13.9. The molecule has 1 heterocycles. The number of amides is 1. The molecule has 122 valence electrons. The van der Waals surface area contributed by atoms with Gasteiger partial charge in [0.2, 0.25) is 0 Å². The van der Waals surface area contributed by atoms with E-state index in [4.69, 9.17) is 0 Å². The van der Waals surface area contributed by atoms with Crippen LogP contribution in [0.4, 0.5) is 9.52 Å². The van der Waals surface area contributed by atoms with E-state index in [0.717, 1.165) is 16.9 Å². The van der Waals surface area contributed by atoms with E-state index in [1.165, 1.54) is 29.0 Å². The second-order valence-electron chi connectivity index (χ2n) is 5.44. The minimum absolute atomic E-state index is 0.166. The Morgan fingerprint density at radius 3 is 2.42 bits per heavy atom. The van der Waals surface area contributed by atoms with E-state index in [-0.39, 0.29) is 11.7 Å². The fraction of sp³-hybridized carbons (Fsp3) is 0.158. The van der Waals surface area contributed by atoms with Crippen molar-refractivity contribution in [1.29, 1.82) is 0 Å². The summed E-state index contributed by atoms with van der Waals surface area (Å²) in [6.07, 6.45) is 3.35. The fourth-order valence-corrected chi connectivity index (χ4v) is 3.15. The molecule has 1 amide bonds. The largest absolute Gasteiger partial charge is 0.298 e. The first-order valence-corrected chi connectivity index (χ1v) is 8.55. The summed E-state index contributed by atoms with van der Waals surface area (Å²) in [7, 11) is 0. The zero-order chi connectivity index (χ0) is 16.9. The molecule has 0 radical (unpaired) electrons. The maximum Gasteiger partial charge on any atom is 0.257 e. The molecule has 0 bridgehead atoms. The van der Waals surface area contributed by atoms with Crippen molar-refractivity contribution in [3.63, 3.8) is 0 Å². The van der Waals surface area contributed by atoms with E-state index >= 15 is 0 Å². The van der Waals surface area contributed by atoms with Crippen LogP contribution >= 0.6 is 11.3 Å². The van der Waals surface area contributed by atoms with Crippen molar-refractivity contribution in [2.24, 2.45) is 0 Å². The highest BCUT2D eigenvalue weighted by Gasteiger charge is 2.09. The summed E-state index contributed by atoms with van der Waals surface area (Å²) in [4.78, 5) is 17.5. The lowest BCUT2D eigenvalue weighted by atomic mass is 10.1. The van der Waals surface area contributed by atoms with Crippen LogP contribution in [0.15, 0.2) is 54.7 Å². The Balaban J connectivity index is 1.64. The molecule has 1 N–H and O–H groups in total. The van der Waals surface area contributed by atoms with Gasteiger partial charge in [-0.15, -0.1) is 11.3 Å². The molecule has 2 aromatic carbocycles. The zero-order valence-corrected chi connectivity index (χ0v) is 14.1. The topological polar surface area (TPSA) is 42.0 Å². The van der Waals surface area contributed by atoms with Crippen LogP contribution in [0.1, 0.15) is 33.3 Å². The van der Waals surface area contributed by atoms with Gasteiger partial charge in [-0.05, 0) is 41.8 Å². The lowest BCUT2D eigenvalue weighted by Gasteiger charge is -2.02. The summed E-state index contributed by atoms with van der Waals surface area (Å²) in [5.41, 5.74) is 2.82. The molecule has 3 rings (SSSR count). The van der Waals surface area contributed by atoms with Crippen molar-refractivity contribution in [1.82, 2.24) is 4.98 Å². The van der Waals surface area contributed by atoms with E-state index in [9.17, 15) is 9.18 Å². The number of hydrogen-bond acceptors (Lipinski definition) is 3. The lowest BCUT2D eigenvalue weighted by Crippen LogP contribution is -2.11. The van der Waals surface area contributed by atoms with Gasteiger partial charge in [0.05, 0.1) is 0 Å². The van der Waals surface area contributed by atoms with Crippen LogP contribution in [0.25, 0.3) is 0 Å². The van der Waals surface area contributed by atoms with Crippen LogP contribution in [0.5, 0.6) is 0 Å². The van der Waals surface area contributed by atoms with Gasteiger partial charge in [-0.1, -0.05) is 31.2 Å². The van der Waals surface area contributed by atoms with E-state index in [0.29, 0.717) is 17.1 Å². The van der Waals surface area contributed by atoms with Crippen molar-refractivity contribution in [3.8, 4) is 0 Å². The third-order valence-corrected chi connectivity index (χ3v) is 4.60. The van der Waals surface area contributed by atoms with E-state index < -0.39 is 0 Å². The SMILES string of the molecule is CCc1ccc(C(=O)Nc2ncc(Cc3ccc(F)cc3)s2)cc1. The predicted molar refractivity (Wildman–Crippen MR) is 95.1 cm³/mol. The minimum atomic E-state index is -0.245. The molecular weight excluding hydrogens is 323 g/mol. The molecule has 3 aromatic rings. The average molecular weight is 340 g/mol. The van der Waals surface area contributed by atoms with Gasteiger partial charge < -0.3 is 0 Å². The van der Waals surface area contributed by atoms with Crippen LogP contribution in [0.3, 0.4) is 0 Å². The molecule has 0 fully saturated rings. The summed E-state index contributed by atoms with van der Waals surface area (Å²) in [5, 5.41) is 3.39. The second kappa shape index (κ2) is 7.36.